The molecule has 2 aromatic rings. The van der Waals surface area contributed by atoms with Gasteiger partial charge in [-0.05, 0) is 6.07 Å². The van der Waals surface area contributed by atoms with Gasteiger partial charge in [0.2, 0.25) is 0 Å². The van der Waals surface area contributed by atoms with E-state index in [9.17, 15) is 14.9 Å². The van der Waals surface area contributed by atoms with Crippen molar-refractivity contribution >= 4 is 11.8 Å². The van der Waals surface area contributed by atoms with E-state index in [2.05, 4.69) is 10.4 Å². The van der Waals surface area contributed by atoms with Crippen LogP contribution in [0.2, 0.25) is 0 Å². The van der Waals surface area contributed by atoms with Crippen molar-refractivity contribution in [1.82, 2.24) is 15.1 Å². The molecule has 9 nitrogen and oxygen atoms in total. The number of rotatable bonds is 5. The monoisotopic (exact) mass is 306 g/mol. The first-order valence-electron chi connectivity index (χ1n) is 6.79. The van der Waals surface area contributed by atoms with Gasteiger partial charge in [0, 0.05) is 24.2 Å². The molecule has 9 heteroatoms. The fourth-order valence-corrected chi connectivity index (χ4v) is 2.31. The largest absolute Gasteiger partial charge is 0.433 e. The maximum Gasteiger partial charge on any atom is 0.433 e. The molecule has 0 bridgehead atoms. The van der Waals surface area contributed by atoms with Gasteiger partial charge in [0.05, 0.1) is 32.0 Å². The SMILES string of the molecule is O=C(NCCn1ncc2c1CCOC2)c1ccc([N+](=O)[O-])o1. The number of aromatic nitrogens is 2. The van der Waals surface area contributed by atoms with Gasteiger partial charge >= 0.3 is 5.88 Å². The van der Waals surface area contributed by atoms with Crippen molar-refractivity contribution in [3.63, 3.8) is 0 Å². The maximum absolute atomic E-state index is 11.8. The van der Waals surface area contributed by atoms with Crippen molar-refractivity contribution in [2.24, 2.45) is 0 Å². The summed E-state index contributed by atoms with van der Waals surface area (Å²) in [6, 6.07) is 2.43. The Morgan fingerprint density at radius 3 is 3.14 bits per heavy atom. The van der Waals surface area contributed by atoms with Crippen LogP contribution in [0.5, 0.6) is 0 Å². The summed E-state index contributed by atoms with van der Waals surface area (Å²) in [5.74, 6) is -1.02. The van der Waals surface area contributed by atoms with E-state index in [1.807, 2.05) is 4.68 Å². The van der Waals surface area contributed by atoms with Crippen molar-refractivity contribution < 1.29 is 18.9 Å². The summed E-state index contributed by atoms with van der Waals surface area (Å²) in [4.78, 5) is 21.6. The molecule has 1 aliphatic rings. The number of fused-ring (bicyclic) bond motifs is 1. The second kappa shape index (κ2) is 5.98. The number of nitrogens with one attached hydrogen (secondary N) is 1. The number of carbonyl (C=O) groups is 1. The maximum atomic E-state index is 11.8. The number of nitrogens with zero attached hydrogens (tertiary/aromatic N) is 3. The van der Waals surface area contributed by atoms with Gasteiger partial charge in [-0.1, -0.05) is 0 Å². The molecule has 0 aliphatic carbocycles. The molecule has 116 valence electrons. The van der Waals surface area contributed by atoms with Crippen LogP contribution < -0.4 is 5.32 Å². The highest BCUT2D eigenvalue weighted by Gasteiger charge is 2.18. The lowest BCUT2D eigenvalue weighted by molar-refractivity contribution is -0.402. The fraction of sp³-hybridized carbons (Fsp3) is 0.385. The van der Waals surface area contributed by atoms with E-state index in [1.54, 1.807) is 6.20 Å². The highest BCUT2D eigenvalue weighted by Crippen LogP contribution is 2.16. The van der Waals surface area contributed by atoms with Crippen LogP contribution in [0, 0.1) is 10.1 Å². The summed E-state index contributed by atoms with van der Waals surface area (Å²) in [7, 11) is 0. The molecular weight excluding hydrogens is 292 g/mol. The fourth-order valence-electron chi connectivity index (χ4n) is 2.31. The Labute approximate surface area is 125 Å². The van der Waals surface area contributed by atoms with Crippen molar-refractivity contribution in [3.05, 3.63) is 45.5 Å². The molecule has 0 saturated heterocycles. The minimum Gasteiger partial charge on any atom is -0.395 e. The molecule has 3 rings (SSSR count). The summed E-state index contributed by atoms with van der Waals surface area (Å²) < 4.78 is 12.0. The topological polar surface area (TPSA) is 112 Å². The molecule has 3 heterocycles. The standard InChI is InChI=1S/C13H14N4O5/c18-13(11-1-2-12(22-11)17(19)20)14-4-5-16-10-3-6-21-8-9(10)7-15-16/h1-2,7H,3-6,8H2,(H,14,18). The van der Waals surface area contributed by atoms with E-state index in [1.165, 1.54) is 6.07 Å². The van der Waals surface area contributed by atoms with E-state index in [-0.39, 0.29) is 5.76 Å². The predicted octanol–water partition coefficient (Wildman–Crippen LogP) is 0.887. The Kier molecular flexibility index (Phi) is 3.88. The molecule has 0 spiro atoms. The average Bonchev–Trinajstić information content (AvgIpc) is 3.14. The van der Waals surface area contributed by atoms with Crippen LogP contribution in [0.3, 0.4) is 0 Å². The Bertz CT molecular complexity index is 705. The van der Waals surface area contributed by atoms with Gasteiger partial charge < -0.3 is 14.5 Å². The van der Waals surface area contributed by atoms with Gasteiger partial charge in [-0.3, -0.25) is 19.6 Å². The minimum absolute atomic E-state index is 0.0809. The summed E-state index contributed by atoms with van der Waals surface area (Å²) in [5.41, 5.74) is 2.19. The molecule has 0 fully saturated rings. The number of amides is 1. The molecule has 1 aliphatic heterocycles. The van der Waals surface area contributed by atoms with Crippen molar-refractivity contribution in [1.29, 1.82) is 0 Å². The van der Waals surface area contributed by atoms with Crippen molar-refractivity contribution in [2.75, 3.05) is 13.2 Å². The minimum atomic E-state index is -0.686. The molecule has 0 atom stereocenters. The molecule has 1 amide bonds. The summed E-state index contributed by atoms with van der Waals surface area (Å²) in [6.45, 7) is 2.10. The van der Waals surface area contributed by atoms with E-state index < -0.39 is 16.7 Å². The van der Waals surface area contributed by atoms with Crippen molar-refractivity contribution in [2.45, 2.75) is 19.6 Å². The van der Waals surface area contributed by atoms with Gasteiger partial charge in [0.25, 0.3) is 5.91 Å². The van der Waals surface area contributed by atoms with Crippen molar-refractivity contribution in [3.8, 4) is 0 Å². The molecule has 0 aromatic carbocycles. The average molecular weight is 306 g/mol. The van der Waals surface area contributed by atoms with E-state index in [4.69, 9.17) is 9.15 Å². The first-order valence-corrected chi connectivity index (χ1v) is 6.79. The van der Waals surface area contributed by atoms with Gasteiger partial charge in [-0.15, -0.1) is 0 Å². The van der Waals surface area contributed by atoms with Crippen LogP contribution >= 0.6 is 0 Å². The van der Waals surface area contributed by atoms with E-state index in [0.29, 0.717) is 26.3 Å². The molecule has 0 radical (unpaired) electrons. The quantitative estimate of drug-likeness (QED) is 0.648. The summed E-state index contributed by atoms with van der Waals surface area (Å²) in [6.07, 6.45) is 2.57. The molecule has 2 aromatic heterocycles. The molecule has 0 unspecified atom stereocenters. The molecule has 1 N–H and O–H groups in total. The van der Waals surface area contributed by atoms with E-state index in [0.717, 1.165) is 23.7 Å². The first kappa shape index (κ1) is 14.3. The number of hydrogen-bond acceptors (Lipinski definition) is 6. The Hall–Kier alpha value is -2.68. The molecular formula is C13H14N4O5. The second-order valence-corrected chi connectivity index (χ2v) is 4.79. The Morgan fingerprint density at radius 1 is 1.50 bits per heavy atom. The lowest BCUT2D eigenvalue weighted by Gasteiger charge is -2.14. The van der Waals surface area contributed by atoms with Crippen LogP contribution in [-0.2, 0) is 24.3 Å². The number of nitro groups is 1. The third-order valence-corrected chi connectivity index (χ3v) is 3.38. The van der Waals surface area contributed by atoms with E-state index >= 15 is 0 Å². The molecule has 22 heavy (non-hydrogen) atoms. The van der Waals surface area contributed by atoms with Gasteiger partial charge in [-0.25, -0.2) is 0 Å². The second-order valence-electron chi connectivity index (χ2n) is 4.79. The zero-order chi connectivity index (χ0) is 15.5. The predicted molar refractivity (Wildman–Crippen MR) is 73.3 cm³/mol. The highest BCUT2D eigenvalue weighted by molar-refractivity contribution is 5.91. The summed E-state index contributed by atoms with van der Waals surface area (Å²) >= 11 is 0. The number of furan rings is 1. The van der Waals surface area contributed by atoms with Gasteiger partial charge in [-0.2, -0.15) is 5.10 Å². The van der Waals surface area contributed by atoms with Crippen LogP contribution in [0.25, 0.3) is 0 Å². The lowest BCUT2D eigenvalue weighted by Crippen LogP contribution is -2.28. The number of carbonyl (C=O) groups excluding carboxylic acids is 1. The normalized spacial score (nSPS) is 13.6. The molecule has 0 saturated carbocycles. The lowest BCUT2D eigenvalue weighted by atomic mass is 10.2. The van der Waals surface area contributed by atoms with Crippen LogP contribution in [0.4, 0.5) is 5.88 Å². The van der Waals surface area contributed by atoms with Gasteiger partial charge in [0.15, 0.2) is 5.76 Å². The van der Waals surface area contributed by atoms with Gasteiger partial charge in [0.1, 0.15) is 4.92 Å². The van der Waals surface area contributed by atoms with Crippen LogP contribution in [0.15, 0.2) is 22.7 Å². The van der Waals surface area contributed by atoms with Crippen LogP contribution in [0.1, 0.15) is 21.8 Å². The zero-order valence-corrected chi connectivity index (χ0v) is 11.7. The van der Waals surface area contributed by atoms with Crippen LogP contribution in [-0.4, -0.2) is 33.8 Å². The number of hydrogen-bond donors (Lipinski definition) is 1. The zero-order valence-electron chi connectivity index (χ0n) is 11.7. The first-order chi connectivity index (χ1) is 10.6. The third kappa shape index (κ3) is 2.84. The Morgan fingerprint density at radius 2 is 2.36 bits per heavy atom. The Balaban J connectivity index is 1.55. The highest BCUT2D eigenvalue weighted by atomic mass is 16.6. The summed E-state index contributed by atoms with van der Waals surface area (Å²) in [5, 5.41) is 17.4. The smallest absolute Gasteiger partial charge is 0.395 e. The number of ether oxygens (including phenoxy) is 1. The third-order valence-electron chi connectivity index (χ3n) is 3.38.